The van der Waals surface area contributed by atoms with Crippen LogP contribution in [-0.2, 0) is 4.79 Å². The highest BCUT2D eigenvalue weighted by Gasteiger charge is 2.35. The van der Waals surface area contributed by atoms with Crippen molar-refractivity contribution in [3.8, 4) is 0 Å². The minimum atomic E-state index is -0.898. The Morgan fingerprint density at radius 3 is 2.58 bits per heavy atom. The summed E-state index contributed by atoms with van der Waals surface area (Å²) in [6.07, 6.45) is 2.36. The van der Waals surface area contributed by atoms with Crippen molar-refractivity contribution >= 4 is 12.0 Å². The molecule has 6 heteroatoms. The van der Waals surface area contributed by atoms with Crippen molar-refractivity contribution in [2.24, 2.45) is 5.92 Å². The number of carbonyl (C=O) groups is 2. The Morgan fingerprint density at radius 2 is 2.00 bits per heavy atom. The van der Waals surface area contributed by atoms with E-state index in [1.165, 1.54) is 4.90 Å². The number of likely N-dealkylation sites (N-methyl/N-ethyl adjacent to an activating group) is 1. The van der Waals surface area contributed by atoms with Crippen LogP contribution in [0.1, 0.15) is 26.2 Å². The molecule has 2 heterocycles. The maximum atomic E-state index is 12.2. The van der Waals surface area contributed by atoms with Crippen LogP contribution >= 0.6 is 0 Å². The van der Waals surface area contributed by atoms with Gasteiger partial charge in [-0.3, -0.25) is 0 Å². The maximum Gasteiger partial charge on any atom is 0.326 e. The molecule has 2 aliphatic rings. The SMILES string of the molecule is CC1CCN(C(=O)NC2CCN(C)C2)C(C(=O)O)C1. The predicted octanol–water partition coefficient (Wildman–Crippen LogP) is 0.585. The van der Waals surface area contributed by atoms with E-state index in [4.69, 9.17) is 0 Å². The lowest BCUT2D eigenvalue weighted by atomic mass is 9.93. The fourth-order valence-electron chi connectivity index (χ4n) is 2.93. The highest BCUT2D eigenvalue weighted by molar-refractivity contribution is 5.83. The highest BCUT2D eigenvalue weighted by atomic mass is 16.4. The van der Waals surface area contributed by atoms with E-state index < -0.39 is 12.0 Å². The van der Waals surface area contributed by atoms with Gasteiger partial charge in [-0.2, -0.15) is 0 Å². The van der Waals surface area contributed by atoms with E-state index in [2.05, 4.69) is 10.2 Å². The summed E-state index contributed by atoms with van der Waals surface area (Å²) < 4.78 is 0. The number of piperidine rings is 1. The summed E-state index contributed by atoms with van der Waals surface area (Å²) in [4.78, 5) is 27.1. The van der Waals surface area contributed by atoms with Crippen LogP contribution in [0.5, 0.6) is 0 Å². The van der Waals surface area contributed by atoms with Gasteiger partial charge in [0, 0.05) is 19.1 Å². The summed E-state index contributed by atoms with van der Waals surface area (Å²) in [6, 6.07) is -0.756. The number of hydrogen-bond acceptors (Lipinski definition) is 3. The van der Waals surface area contributed by atoms with Crippen molar-refractivity contribution < 1.29 is 14.7 Å². The van der Waals surface area contributed by atoms with E-state index in [1.807, 2.05) is 14.0 Å². The zero-order chi connectivity index (χ0) is 14.0. The molecule has 6 nitrogen and oxygen atoms in total. The number of rotatable bonds is 2. The van der Waals surface area contributed by atoms with Crippen LogP contribution in [-0.4, -0.2) is 65.7 Å². The summed E-state index contributed by atoms with van der Waals surface area (Å²) >= 11 is 0. The molecule has 3 atom stereocenters. The topological polar surface area (TPSA) is 72.9 Å². The molecule has 2 fully saturated rings. The molecule has 2 saturated heterocycles. The Morgan fingerprint density at radius 1 is 1.26 bits per heavy atom. The van der Waals surface area contributed by atoms with Gasteiger partial charge in [-0.1, -0.05) is 6.92 Å². The largest absolute Gasteiger partial charge is 0.480 e. The highest BCUT2D eigenvalue weighted by Crippen LogP contribution is 2.23. The number of carboxylic acid groups (broad SMARTS) is 1. The molecular weight excluding hydrogens is 246 g/mol. The summed E-state index contributed by atoms with van der Waals surface area (Å²) in [5, 5.41) is 12.2. The number of urea groups is 1. The molecule has 0 aliphatic carbocycles. The van der Waals surface area contributed by atoms with Crippen LogP contribution in [0.25, 0.3) is 0 Å². The van der Waals surface area contributed by atoms with E-state index in [0.29, 0.717) is 18.9 Å². The van der Waals surface area contributed by atoms with Crippen molar-refractivity contribution in [1.82, 2.24) is 15.1 Å². The van der Waals surface area contributed by atoms with Crippen molar-refractivity contribution in [3.63, 3.8) is 0 Å². The quantitative estimate of drug-likeness (QED) is 0.769. The van der Waals surface area contributed by atoms with Gasteiger partial charge in [0.2, 0.25) is 0 Å². The van der Waals surface area contributed by atoms with Crippen LogP contribution in [0.3, 0.4) is 0 Å². The van der Waals surface area contributed by atoms with Gasteiger partial charge in [-0.05, 0) is 38.8 Å². The van der Waals surface area contributed by atoms with E-state index in [-0.39, 0.29) is 12.1 Å². The second kappa shape index (κ2) is 5.77. The molecule has 3 unspecified atom stereocenters. The summed E-state index contributed by atoms with van der Waals surface area (Å²) in [6.45, 7) is 4.39. The zero-order valence-electron chi connectivity index (χ0n) is 11.6. The molecule has 108 valence electrons. The first-order valence-electron chi connectivity index (χ1n) is 6.96. The van der Waals surface area contributed by atoms with Gasteiger partial charge >= 0.3 is 12.0 Å². The number of nitrogens with one attached hydrogen (secondary N) is 1. The summed E-state index contributed by atoms with van der Waals surface area (Å²) in [5.41, 5.74) is 0. The molecule has 0 radical (unpaired) electrons. The number of carboxylic acids is 1. The Labute approximate surface area is 113 Å². The van der Waals surface area contributed by atoms with Crippen molar-refractivity contribution in [2.45, 2.75) is 38.3 Å². The van der Waals surface area contributed by atoms with E-state index in [9.17, 15) is 14.7 Å². The molecule has 0 saturated carbocycles. The van der Waals surface area contributed by atoms with Crippen LogP contribution < -0.4 is 5.32 Å². The normalized spacial score (nSPS) is 32.3. The minimum Gasteiger partial charge on any atom is -0.480 e. The third-order valence-electron chi connectivity index (χ3n) is 4.13. The lowest BCUT2D eigenvalue weighted by Gasteiger charge is -2.36. The summed E-state index contributed by atoms with van der Waals surface area (Å²) in [5.74, 6) is -0.534. The molecule has 0 bridgehead atoms. The third kappa shape index (κ3) is 3.37. The number of nitrogens with zero attached hydrogens (tertiary/aromatic N) is 2. The number of amides is 2. The van der Waals surface area contributed by atoms with Crippen molar-refractivity contribution in [2.75, 3.05) is 26.7 Å². The molecule has 2 N–H and O–H groups in total. The smallest absolute Gasteiger partial charge is 0.326 e. The molecular formula is C13H23N3O3. The van der Waals surface area contributed by atoms with Gasteiger partial charge in [0.15, 0.2) is 0 Å². The molecule has 2 rings (SSSR count). The molecule has 0 aromatic carbocycles. The van der Waals surface area contributed by atoms with Crippen LogP contribution in [0, 0.1) is 5.92 Å². The Hall–Kier alpha value is -1.30. The Balaban J connectivity index is 1.94. The van der Waals surface area contributed by atoms with Gasteiger partial charge in [-0.15, -0.1) is 0 Å². The predicted molar refractivity (Wildman–Crippen MR) is 71.0 cm³/mol. The van der Waals surface area contributed by atoms with Gasteiger partial charge in [0.1, 0.15) is 6.04 Å². The minimum absolute atomic E-state index is 0.145. The van der Waals surface area contributed by atoms with Gasteiger partial charge in [-0.25, -0.2) is 9.59 Å². The van der Waals surface area contributed by atoms with E-state index >= 15 is 0 Å². The fraction of sp³-hybridized carbons (Fsp3) is 0.846. The molecule has 0 spiro atoms. The molecule has 0 aromatic rings. The van der Waals surface area contributed by atoms with E-state index in [0.717, 1.165) is 25.9 Å². The standard InChI is InChI=1S/C13H23N3O3/c1-9-3-6-16(11(7-9)12(17)18)13(19)14-10-4-5-15(2)8-10/h9-11H,3-8H2,1-2H3,(H,14,19)(H,17,18). The second-order valence-corrected chi connectivity index (χ2v) is 5.87. The average molecular weight is 269 g/mol. The first-order chi connectivity index (χ1) is 8.97. The first-order valence-corrected chi connectivity index (χ1v) is 6.96. The van der Waals surface area contributed by atoms with Crippen molar-refractivity contribution in [3.05, 3.63) is 0 Å². The van der Waals surface area contributed by atoms with Crippen LogP contribution in [0.4, 0.5) is 4.79 Å². The molecule has 0 aromatic heterocycles. The molecule has 19 heavy (non-hydrogen) atoms. The summed E-state index contributed by atoms with van der Waals surface area (Å²) in [7, 11) is 2.02. The van der Waals surface area contributed by atoms with Crippen LogP contribution in [0.15, 0.2) is 0 Å². The van der Waals surface area contributed by atoms with Gasteiger partial charge < -0.3 is 20.2 Å². The third-order valence-corrected chi connectivity index (χ3v) is 4.13. The number of likely N-dealkylation sites (tertiary alicyclic amines) is 2. The Bertz CT molecular complexity index is 361. The van der Waals surface area contributed by atoms with Gasteiger partial charge in [0.05, 0.1) is 0 Å². The lowest BCUT2D eigenvalue weighted by molar-refractivity contribution is -0.143. The second-order valence-electron chi connectivity index (χ2n) is 5.87. The van der Waals surface area contributed by atoms with Crippen molar-refractivity contribution in [1.29, 1.82) is 0 Å². The first kappa shape index (κ1) is 14.1. The zero-order valence-corrected chi connectivity index (χ0v) is 11.6. The number of hydrogen-bond donors (Lipinski definition) is 2. The lowest BCUT2D eigenvalue weighted by Crippen LogP contribution is -2.55. The monoisotopic (exact) mass is 269 g/mol. The molecule has 2 amide bonds. The fourth-order valence-corrected chi connectivity index (χ4v) is 2.93. The number of aliphatic carboxylic acids is 1. The Kier molecular flexibility index (Phi) is 4.29. The number of carbonyl (C=O) groups excluding carboxylic acids is 1. The van der Waals surface area contributed by atoms with Gasteiger partial charge in [0.25, 0.3) is 0 Å². The maximum absolute atomic E-state index is 12.2. The van der Waals surface area contributed by atoms with Crippen LogP contribution in [0.2, 0.25) is 0 Å². The van der Waals surface area contributed by atoms with E-state index in [1.54, 1.807) is 0 Å². The molecule has 2 aliphatic heterocycles. The average Bonchev–Trinajstić information content (AvgIpc) is 2.74.